The molecule has 0 fully saturated rings. The fourth-order valence-corrected chi connectivity index (χ4v) is 3.08. The first kappa shape index (κ1) is 15.4. The Hall–Kier alpha value is -2.01. The highest BCUT2D eigenvalue weighted by atomic mass is 79.9. The molecule has 11 heteroatoms. The number of hydrogen-bond donors (Lipinski definition) is 2. The first-order chi connectivity index (χ1) is 9.70. The fraction of sp³-hybridized carbons (Fsp3) is 0.100. The summed E-state index contributed by atoms with van der Waals surface area (Å²) in [6, 6.07) is 1.42. The van der Waals surface area contributed by atoms with Crippen LogP contribution in [-0.4, -0.2) is 29.7 Å². The Morgan fingerprint density at radius 3 is 2.62 bits per heavy atom. The van der Waals surface area contributed by atoms with Crippen molar-refractivity contribution in [3.05, 3.63) is 33.9 Å². The summed E-state index contributed by atoms with van der Waals surface area (Å²) < 4.78 is 44.9. The van der Waals surface area contributed by atoms with Crippen LogP contribution >= 0.6 is 15.9 Å². The molecule has 1 aromatic heterocycles. The Morgan fingerprint density at radius 2 is 2.10 bits per heavy atom. The molecular weight excluding hydrogens is 373 g/mol. The molecule has 1 heterocycles. The van der Waals surface area contributed by atoms with Crippen molar-refractivity contribution in [2.75, 3.05) is 4.72 Å². The van der Waals surface area contributed by atoms with Gasteiger partial charge in [0.2, 0.25) is 5.89 Å². The quantitative estimate of drug-likeness (QED) is 0.829. The predicted octanol–water partition coefficient (Wildman–Crippen LogP) is 1.78. The van der Waals surface area contributed by atoms with E-state index in [0.29, 0.717) is 0 Å². The van der Waals surface area contributed by atoms with Gasteiger partial charge in [-0.25, -0.2) is 22.3 Å². The third kappa shape index (κ3) is 3.19. The van der Waals surface area contributed by atoms with Crippen LogP contribution in [0.1, 0.15) is 16.2 Å². The van der Waals surface area contributed by atoms with Crippen LogP contribution in [0.3, 0.4) is 0 Å². The van der Waals surface area contributed by atoms with Gasteiger partial charge in [0, 0.05) is 11.4 Å². The van der Waals surface area contributed by atoms with Crippen LogP contribution in [0.15, 0.2) is 25.9 Å². The number of halogens is 2. The second-order valence-corrected chi connectivity index (χ2v) is 6.37. The highest BCUT2D eigenvalue weighted by Crippen LogP contribution is 2.25. The van der Waals surface area contributed by atoms with Gasteiger partial charge < -0.3 is 9.52 Å². The van der Waals surface area contributed by atoms with E-state index in [9.17, 15) is 17.6 Å². The molecule has 1 aromatic carbocycles. The number of aryl methyl sites for hydroxylation is 1. The molecular formula is C10H7BrFN3O5S. The molecule has 0 unspecified atom stereocenters. The lowest BCUT2D eigenvalue weighted by atomic mass is 10.2. The first-order valence-corrected chi connectivity index (χ1v) is 7.53. The lowest BCUT2D eigenvalue weighted by Gasteiger charge is -2.08. The van der Waals surface area contributed by atoms with E-state index in [4.69, 9.17) is 9.52 Å². The van der Waals surface area contributed by atoms with Crippen LogP contribution in [0.25, 0.3) is 0 Å². The maximum Gasteiger partial charge on any atom is 0.338 e. The summed E-state index contributed by atoms with van der Waals surface area (Å²) in [4.78, 5) is 10.0. The number of carboxylic acids is 1. The van der Waals surface area contributed by atoms with E-state index in [1.807, 2.05) is 4.72 Å². The zero-order valence-corrected chi connectivity index (χ0v) is 12.7. The zero-order valence-electron chi connectivity index (χ0n) is 10.3. The summed E-state index contributed by atoms with van der Waals surface area (Å²) in [6.07, 6.45) is 0. The van der Waals surface area contributed by atoms with Crippen LogP contribution in [0.5, 0.6) is 0 Å². The van der Waals surface area contributed by atoms with Gasteiger partial charge in [-0.1, -0.05) is 21.0 Å². The minimum Gasteiger partial charge on any atom is -0.478 e. The fourth-order valence-electron chi connectivity index (χ4n) is 1.42. The van der Waals surface area contributed by atoms with E-state index in [1.54, 1.807) is 0 Å². The molecule has 8 nitrogen and oxygen atoms in total. The number of anilines is 1. The molecule has 0 radical (unpaired) electrons. The maximum absolute atomic E-state index is 14.0. The van der Waals surface area contributed by atoms with E-state index in [0.717, 1.165) is 12.1 Å². The molecule has 112 valence electrons. The largest absolute Gasteiger partial charge is 0.478 e. The minimum absolute atomic E-state index is 0.0865. The van der Waals surface area contributed by atoms with Gasteiger partial charge in [0.15, 0.2) is 5.82 Å². The third-order valence-corrected chi connectivity index (χ3v) is 4.05. The average Bonchev–Trinajstić information content (AvgIpc) is 2.76. The highest BCUT2D eigenvalue weighted by Gasteiger charge is 2.26. The van der Waals surface area contributed by atoms with Gasteiger partial charge in [-0.15, -0.1) is 5.10 Å². The van der Waals surface area contributed by atoms with E-state index < -0.39 is 38.3 Å². The number of sulfonamides is 1. The molecule has 0 amide bonds. The van der Waals surface area contributed by atoms with Crippen molar-refractivity contribution >= 4 is 37.9 Å². The molecule has 0 spiro atoms. The minimum atomic E-state index is -4.42. The number of hydrogen-bond acceptors (Lipinski definition) is 6. The maximum atomic E-state index is 14.0. The van der Waals surface area contributed by atoms with Gasteiger partial charge in [0.25, 0.3) is 10.0 Å². The summed E-state index contributed by atoms with van der Waals surface area (Å²) in [7, 11) is -4.42. The monoisotopic (exact) mass is 379 g/mol. The SMILES string of the molecule is Cc1nnc(NS(=O)(=O)c2cc(Br)cc(C(=O)O)c2F)o1. The Bertz CT molecular complexity index is 820. The van der Waals surface area contributed by atoms with Crippen molar-refractivity contribution in [3.63, 3.8) is 0 Å². The van der Waals surface area contributed by atoms with Gasteiger partial charge in [-0.2, -0.15) is 0 Å². The van der Waals surface area contributed by atoms with Crippen LogP contribution in [-0.2, 0) is 10.0 Å². The smallest absolute Gasteiger partial charge is 0.338 e. The second-order valence-electron chi connectivity index (χ2n) is 3.80. The molecule has 0 saturated carbocycles. The third-order valence-electron chi connectivity index (χ3n) is 2.27. The summed E-state index contributed by atoms with van der Waals surface area (Å²) in [5.74, 6) is -2.89. The van der Waals surface area contributed by atoms with Crippen molar-refractivity contribution in [3.8, 4) is 0 Å². The molecule has 0 aliphatic carbocycles. The standard InChI is InChI=1S/C10H7BrFN3O5S/c1-4-13-14-10(20-4)15-21(18,19)7-3-5(11)2-6(8(7)12)9(16)17/h2-3H,1H3,(H,14,15)(H,16,17). The lowest BCUT2D eigenvalue weighted by molar-refractivity contribution is 0.0691. The molecule has 2 aromatic rings. The summed E-state index contributed by atoms with van der Waals surface area (Å²) in [5, 5.41) is 15.7. The van der Waals surface area contributed by atoms with Crippen LogP contribution < -0.4 is 4.72 Å². The molecule has 0 atom stereocenters. The van der Waals surface area contributed by atoms with Crippen LogP contribution in [0, 0.1) is 12.7 Å². The number of aromatic nitrogens is 2. The molecule has 2 N–H and O–H groups in total. The summed E-state index contributed by atoms with van der Waals surface area (Å²) in [6.45, 7) is 1.44. The van der Waals surface area contributed by atoms with Gasteiger partial charge in [0.1, 0.15) is 4.90 Å². The Labute approximate surface area is 126 Å². The first-order valence-electron chi connectivity index (χ1n) is 5.26. The molecule has 0 saturated heterocycles. The number of nitrogens with one attached hydrogen (secondary N) is 1. The van der Waals surface area contributed by atoms with Gasteiger partial charge in [-0.3, -0.25) is 0 Å². The number of carboxylic acid groups (broad SMARTS) is 1. The number of benzene rings is 1. The van der Waals surface area contributed by atoms with Crippen molar-refractivity contribution in [1.29, 1.82) is 0 Å². The Balaban J connectivity index is 2.52. The Morgan fingerprint density at radius 1 is 1.43 bits per heavy atom. The number of nitrogens with zero attached hydrogens (tertiary/aromatic N) is 2. The normalized spacial score (nSPS) is 11.4. The second kappa shape index (κ2) is 5.41. The average molecular weight is 380 g/mol. The van der Waals surface area contributed by atoms with E-state index in [1.165, 1.54) is 6.92 Å². The van der Waals surface area contributed by atoms with Crippen LogP contribution in [0.2, 0.25) is 0 Å². The summed E-state index contributed by atoms with van der Waals surface area (Å²) in [5.41, 5.74) is -0.786. The van der Waals surface area contributed by atoms with E-state index in [2.05, 4.69) is 26.1 Å². The van der Waals surface area contributed by atoms with Crippen molar-refractivity contribution in [2.45, 2.75) is 11.8 Å². The number of rotatable bonds is 4. The van der Waals surface area contributed by atoms with E-state index >= 15 is 0 Å². The molecule has 0 aliphatic heterocycles. The molecule has 21 heavy (non-hydrogen) atoms. The van der Waals surface area contributed by atoms with E-state index in [-0.39, 0.29) is 10.4 Å². The zero-order chi connectivity index (χ0) is 15.8. The Kier molecular flexibility index (Phi) is 3.96. The predicted molar refractivity (Wildman–Crippen MR) is 70.9 cm³/mol. The summed E-state index contributed by atoms with van der Waals surface area (Å²) >= 11 is 2.92. The number of aromatic carboxylic acids is 1. The van der Waals surface area contributed by atoms with Gasteiger partial charge in [0.05, 0.1) is 5.56 Å². The highest BCUT2D eigenvalue weighted by molar-refractivity contribution is 9.10. The molecule has 0 aliphatic rings. The van der Waals surface area contributed by atoms with Crippen molar-refractivity contribution in [2.24, 2.45) is 0 Å². The van der Waals surface area contributed by atoms with Gasteiger partial charge in [-0.05, 0) is 12.1 Å². The molecule has 2 rings (SSSR count). The lowest BCUT2D eigenvalue weighted by Crippen LogP contribution is -2.17. The van der Waals surface area contributed by atoms with Crippen LogP contribution in [0.4, 0.5) is 10.4 Å². The topological polar surface area (TPSA) is 122 Å². The van der Waals surface area contributed by atoms with Crippen molar-refractivity contribution < 1.29 is 27.1 Å². The molecule has 0 bridgehead atoms. The number of carbonyl (C=O) groups is 1. The van der Waals surface area contributed by atoms with Crippen molar-refractivity contribution in [1.82, 2.24) is 10.2 Å². The van der Waals surface area contributed by atoms with Gasteiger partial charge >= 0.3 is 12.0 Å².